The van der Waals surface area contributed by atoms with Crippen LogP contribution in [-0.4, -0.2) is 47.3 Å². The monoisotopic (exact) mass is 378 g/mol. The van der Waals surface area contributed by atoms with Crippen LogP contribution in [-0.2, 0) is 21.4 Å². The molecule has 0 saturated carbocycles. The lowest BCUT2D eigenvalue weighted by Crippen LogP contribution is -2.49. The number of benzene rings is 1. The van der Waals surface area contributed by atoms with Crippen LogP contribution >= 0.6 is 12.4 Å². The number of likely N-dealkylation sites (tertiary alicyclic amines) is 1. The van der Waals surface area contributed by atoms with Crippen LogP contribution in [0.5, 0.6) is 0 Å². The van der Waals surface area contributed by atoms with Crippen LogP contribution in [0, 0.1) is 0 Å². The lowest BCUT2D eigenvalue weighted by Gasteiger charge is -2.35. The molecule has 1 fully saturated rings. The Labute approximate surface area is 163 Å². The summed E-state index contributed by atoms with van der Waals surface area (Å²) in [5.74, 6) is 0.0596. The minimum absolute atomic E-state index is 0. The molecule has 2 unspecified atom stereocenters. The second-order valence-corrected chi connectivity index (χ2v) is 7.39. The minimum atomic E-state index is -0.609. The zero-order valence-electron chi connectivity index (χ0n) is 16.2. The largest absolute Gasteiger partial charge is 0.302 e. The Hall–Kier alpha value is -1.39. The molecule has 1 aliphatic carbocycles. The van der Waals surface area contributed by atoms with E-state index < -0.39 is 5.41 Å². The molecule has 1 aliphatic heterocycles. The van der Waals surface area contributed by atoms with Gasteiger partial charge in [0.15, 0.2) is 0 Å². The van der Waals surface area contributed by atoms with E-state index in [9.17, 15) is 9.59 Å². The summed E-state index contributed by atoms with van der Waals surface area (Å²) in [4.78, 5) is 30.3. The predicted octanol–water partition coefficient (Wildman–Crippen LogP) is 3.56. The number of amides is 2. The number of carbonyl (C=O) groups is 2. The van der Waals surface area contributed by atoms with E-state index in [0.717, 1.165) is 50.9 Å². The van der Waals surface area contributed by atoms with Crippen molar-refractivity contribution in [3.63, 3.8) is 0 Å². The molecule has 1 saturated heterocycles. The van der Waals surface area contributed by atoms with Gasteiger partial charge in [0.1, 0.15) is 0 Å². The third kappa shape index (κ3) is 3.41. The fourth-order valence-corrected chi connectivity index (χ4v) is 4.63. The number of aryl methyl sites for hydroxylation is 1. The molecule has 1 spiro atoms. The number of carbonyl (C=O) groups excluding carboxylic acids is 2. The molecular weight excluding hydrogens is 348 g/mol. The molecule has 4 nitrogen and oxygen atoms in total. The second kappa shape index (κ2) is 8.53. The molecule has 2 amide bonds. The van der Waals surface area contributed by atoms with Crippen LogP contribution in [0.4, 0.5) is 0 Å². The normalized spacial score (nSPS) is 23.3. The van der Waals surface area contributed by atoms with Crippen LogP contribution in [0.3, 0.4) is 0 Å². The Morgan fingerprint density at radius 2 is 1.85 bits per heavy atom. The van der Waals surface area contributed by atoms with E-state index in [4.69, 9.17) is 0 Å². The third-order valence-corrected chi connectivity index (χ3v) is 6.13. The SMILES string of the molecule is CCC(CN(CC)CC)N1C(=O)CC2(CCCc3ccccc32)C1=O.Cl. The van der Waals surface area contributed by atoms with E-state index in [1.54, 1.807) is 4.90 Å². The molecule has 2 aliphatic rings. The van der Waals surface area contributed by atoms with Crippen LogP contribution in [0.15, 0.2) is 24.3 Å². The lowest BCUT2D eigenvalue weighted by molar-refractivity contribution is -0.143. The summed E-state index contributed by atoms with van der Waals surface area (Å²) < 4.78 is 0. The van der Waals surface area contributed by atoms with Crippen molar-refractivity contribution in [2.24, 2.45) is 0 Å². The first-order valence-corrected chi connectivity index (χ1v) is 9.74. The van der Waals surface area contributed by atoms with Crippen molar-refractivity contribution in [1.29, 1.82) is 0 Å². The molecule has 0 bridgehead atoms. The standard InChI is InChI=1S/C21H30N2O2.ClH/c1-4-17(15-22(5-2)6-3)23-19(24)14-21(20(23)25)13-9-11-16-10-7-8-12-18(16)21;/h7-8,10,12,17H,4-6,9,11,13-15H2,1-3H3;1H. The maximum atomic E-state index is 13.5. The number of hydrogen-bond donors (Lipinski definition) is 0. The number of halogens is 1. The topological polar surface area (TPSA) is 40.6 Å². The first-order valence-electron chi connectivity index (χ1n) is 9.74. The maximum Gasteiger partial charge on any atom is 0.240 e. The molecule has 144 valence electrons. The van der Waals surface area contributed by atoms with E-state index in [0.29, 0.717) is 6.42 Å². The van der Waals surface area contributed by atoms with Crippen LogP contribution in [0.2, 0.25) is 0 Å². The molecule has 26 heavy (non-hydrogen) atoms. The van der Waals surface area contributed by atoms with Gasteiger partial charge in [-0.1, -0.05) is 45.0 Å². The van der Waals surface area contributed by atoms with Crippen LogP contribution in [0.25, 0.3) is 0 Å². The fraction of sp³-hybridized carbons (Fsp3) is 0.619. The molecule has 1 aromatic carbocycles. The number of fused-ring (bicyclic) bond motifs is 2. The first kappa shape index (κ1) is 20.9. The molecular formula is C21H31ClN2O2. The molecule has 2 atom stereocenters. The highest BCUT2D eigenvalue weighted by Crippen LogP contribution is 2.46. The Morgan fingerprint density at radius 1 is 1.15 bits per heavy atom. The van der Waals surface area contributed by atoms with E-state index >= 15 is 0 Å². The van der Waals surface area contributed by atoms with Gasteiger partial charge in [-0.3, -0.25) is 14.5 Å². The van der Waals surface area contributed by atoms with Crippen molar-refractivity contribution < 1.29 is 9.59 Å². The van der Waals surface area contributed by atoms with Crippen molar-refractivity contribution in [3.8, 4) is 0 Å². The van der Waals surface area contributed by atoms with Crippen molar-refractivity contribution in [2.45, 2.75) is 64.3 Å². The first-order chi connectivity index (χ1) is 12.1. The van der Waals surface area contributed by atoms with Gasteiger partial charge in [0.2, 0.25) is 11.8 Å². The molecule has 0 aromatic heterocycles. The average Bonchev–Trinajstić information content (AvgIpc) is 2.88. The molecule has 0 radical (unpaired) electrons. The molecule has 1 aromatic rings. The van der Waals surface area contributed by atoms with Gasteiger partial charge in [-0.2, -0.15) is 0 Å². The quantitative estimate of drug-likeness (QED) is 0.710. The summed E-state index contributed by atoms with van der Waals surface area (Å²) in [5, 5.41) is 0. The van der Waals surface area contributed by atoms with Gasteiger partial charge in [-0.25, -0.2) is 0 Å². The maximum absolute atomic E-state index is 13.5. The second-order valence-electron chi connectivity index (χ2n) is 7.39. The average molecular weight is 379 g/mol. The van der Waals surface area contributed by atoms with Gasteiger partial charge in [0.05, 0.1) is 11.5 Å². The van der Waals surface area contributed by atoms with Gasteiger partial charge in [-0.05, 0) is 49.9 Å². The Kier molecular flexibility index (Phi) is 6.86. The van der Waals surface area contributed by atoms with Gasteiger partial charge in [0.25, 0.3) is 0 Å². The van der Waals surface area contributed by atoms with Crippen molar-refractivity contribution in [2.75, 3.05) is 19.6 Å². The number of hydrogen-bond acceptors (Lipinski definition) is 3. The third-order valence-electron chi connectivity index (χ3n) is 6.13. The zero-order valence-corrected chi connectivity index (χ0v) is 17.0. The molecule has 3 rings (SSSR count). The summed E-state index contributed by atoms with van der Waals surface area (Å²) >= 11 is 0. The molecule has 1 heterocycles. The number of rotatable bonds is 6. The van der Waals surface area contributed by atoms with E-state index in [1.165, 1.54) is 5.56 Å². The smallest absolute Gasteiger partial charge is 0.240 e. The van der Waals surface area contributed by atoms with Crippen molar-refractivity contribution in [3.05, 3.63) is 35.4 Å². The van der Waals surface area contributed by atoms with Crippen molar-refractivity contribution in [1.82, 2.24) is 9.80 Å². The number of likely N-dealkylation sites (N-methyl/N-ethyl adjacent to an activating group) is 1. The summed E-state index contributed by atoms with van der Waals surface area (Å²) in [6, 6.07) is 8.19. The summed E-state index contributed by atoms with van der Waals surface area (Å²) in [6.45, 7) is 8.99. The van der Waals surface area contributed by atoms with Crippen molar-refractivity contribution >= 4 is 24.2 Å². The van der Waals surface area contributed by atoms with Crippen LogP contribution < -0.4 is 0 Å². The number of imide groups is 1. The predicted molar refractivity (Wildman–Crippen MR) is 107 cm³/mol. The van der Waals surface area contributed by atoms with Gasteiger partial charge < -0.3 is 4.90 Å². The zero-order chi connectivity index (χ0) is 18.0. The number of nitrogens with zero attached hydrogens (tertiary/aromatic N) is 2. The van der Waals surface area contributed by atoms with Gasteiger partial charge >= 0.3 is 0 Å². The summed E-state index contributed by atoms with van der Waals surface area (Å²) in [7, 11) is 0. The summed E-state index contributed by atoms with van der Waals surface area (Å²) in [6.07, 6.45) is 3.95. The van der Waals surface area contributed by atoms with E-state index in [2.05, 4.69) is 37.8 Å². The van der Waals surface area contributed by atoms with Gasteiger partial charge in [-0.15, -0.1) is 12.4 Å². The van der Waals surface area contributed by atoms with Gasteiger partial charge in [0, 0.05) is 13.0 Å². The minimum Gasteiger partial charge on any atom is -0.302 e. The van der Waals surface area contributed by atoms with E-state index in [1.807, 2.05) is 12.1 Å². The highest BCUT2D eigenvalue weighted by Gasteiger charge is 2.55. The molecule has 5 heteroatoms. The molecule has 0 N–H and O–H groups in total. The highest BCUT2D eigenvalue weighted by atomic mass is 35.5. The summed E-state index contributed by atoms with van der Waals surface area (Å²) in [5.41, 5.74) is 1.73. The Morgan fingerprint density at radius 3 is 2.50 bits per heavy atom. The van der Waals surface area contributed by atoms with E-state index in [-0.39, 0.29) is 30.3 Å². The highest BCUT2D eigenvalue weighted by molar-refractivity contribution is 6.09. The Bertz CT molecular complexity index is 659. The Balaban J connectivity index is 0.00000243. The van der Waals surface area contributed by atoms with Crippen LogP contribution in [0.1, 0.15) is 57.6 Å². The lowest BCUT2D eigenvalue weighted by atomic mass is 9.69. The fourth-order valence-electron chi connectivity index (χ4n) is 4.63.